The normalized spacial score (nSPS) is 15.5. The van der Waals surface area contributed by atoms with Crippen molar-refractivity contribution >= 4 is 63.2 Å². The van der Waals surface area contributed by atoms with E-state index < -0.39 is 5.97 Å². The van der Waals surface area contributed by atoms with E-state index in [2.05, 4.69) is 27.6 Å². The summed E-state index contributed by atoms with van der Waals surface area (Å²) in [7, 11) is 1.59. The molecule has 1 aliphatic rings. The number of amides is 1. The summed E-state index contributed by atoms with van der Waals surface area (Å²) in [5.41, 5.74) is 2.62. The van der Waals surface area contributed by atoms with Crippen LogP contribution in [-0.2, 0) is 11.4 Å². The fourth-order valence-corrected chi connectivity index (χ4v) is 5.35. The van der Waals surface area contributed by atoms with Gasteiger partial charge in [0.05, 0.1) is 26.8 Å². The summed E-state index contributed by atoms with van der Waals surface area (Å²) in [6, 6.07) is 19.9. The van der Waals surface area contributed by atoms with Gasteiger partial charge in [-0.25, -0.2) is 9.79 Å². The van der Waals surface area contributed by atoms with Crippen molar-refractivity contribution in [3.63, 3.8) is 0 Å². The van der Waals surface area contributed by atoms with E-state index in [4.69, 9.17) is 14.6 Å². The Labute approximate surface area is 227 Å². The van der Waals surface area contributed by atoms with E-state index in [0.29, 0.717) is 40.4 Å². The number of ether oxygens (including phenoxy) is 2. The van der Waals surface area contributed by atoms with Gasteiger partial charge >= 0.3 is 5.97 Å². The Bertz CT molecular complexity index is 1340. The van der Waals surface area contributed by atoms with Gasteiger partial charge in [0.1, 0.15) is 6.61 Å². The number of aliphatic imine (C=N–C) groups is 1. The van der Waals surface area contributed by atoms with Crippen molar-refractivity contribution in [3.8, 4) is 11.5 Å². The van der Waals surface area contributed by atoms with Gasteiger partial charge in [-0.3, -0.25) is 9.69 Å². The Balaban J connectivity index is 1.58. The summed E-state index contributed by atoms with van der Waals surface area (Å²) in [6.45, 7) is 2.76. The van der Waals surface area contributed by atoms with Gasteiger partial charge in [0.2, 0.25) is 0 Å². The molecule has 1 heterocycles. The molecule has 0 spiro atoms. The number of nitrogens with zero attached hydrogens (tertiary/aromatic N) is 2. The highest BCUT2D eigenvalue weighted by Crippen LogP contribution is 2.38. The largest absolute Gasteiger partial charge is 0.493 e. The second-order valence-corrected chi connectivity index (χ2v) is 9.89. The summed E-state index contributed by atoms with van der Waals surface area (Å²) in [4.78, 5) is 30.9. The highest BCUT2D eigenvalue weighted by Gasteiger charge is 2.32. The Morgan fingerprint density at radius 3 is 2.50 bits per heavy atom. The second kappa shape index (κ2) is 11.6. The number of benzene rings is 3. The van der Waals surface area contributed by atoms with Crippen LogP contribution >= 0.6 is 34.4 Å². The van der Waals surface area contributed by atoms with Gasteiger partial charge in [-0.05, 0) is 94.9 Å². The molecule has 0 aliphatic carbocycles. The van der Waals surface area contributed by atoms with Gasteiger partial charge in [0.25, 0.3) is 5.91 Å². The van der Waals surface area contributed by atoms with Crippen molar-refractivity contribution in [3.05, 3.63) is 91.9 Å². The number of likely N-dealkylation sites (N-methyl/N-ethyl adjacent to an activating group) is 1. The first-order valence-corrected chi connectivity index (χ1v) is 13.0. The number of methoxy groups -OCH3 is 1. The maximum absolute atomic E-state index is 13.1. The molecule has 0 radical (unpaired) electrons. The van der Waals surface area contributed by atoms with E-state index >= 15 is 0 Å². The van der Waals surface area contributed by atoms with Crippen molar-refractivity contribution in [1.29, 1.82) is 0 Å². The summed E-state index contributed by atoms with van der Waals surface area (Å²) < 4.78 is 12.5. The fourth-order valence-electron chi connectivity index (χ4n) is 3.50. The van der Waals surface area contributed by atoms with E-state index in [9.17, 15) is 9.59 Å². The predicted octanol–water partition coefficient (Wildman–Crippen LogP) is 6.20. The minimum Gasteiger partial charge on any atom is -0.493 e. The van der Waals surface area contributed by atoms with Gasteiger partial charge in [0, 0.05) is 6.54 Å². The van der Waals surface area contributed by atoms with E-state index in [0.717, 1.165) is 14.7 Å². The average Bonchev–Trinajstić information content (AvgIpc) is 3.17. The van der Waals surface area contributed by atoms with E-state index in [1.54, 1.807) is 24.1 Å². The number of amidine groups is 1. The monoisotopic (exact) mass is 614 g/mol. The molecule has 3 aromatic carbocycles. The van der Waals surface area contributed by atoms with Gasteiger partial charge in [-0.1, -0.05) is 30.3 Å². The molecule has 0 unspecified atom stereocenters. The van der Waals surface area contributed by atoms with Crippen LogP contribution in [0, 0.1) is 3.57 Å². The molecule has 184 valence electrons. The van der Waals surface area contributed by atoms with E-state index in [1.807, 2.05) is 55.5 Å². The Hall–Kier alpha value is -3.31. The molecule has 36 heavy (non-hydrogen) atoms. The molecule has 3 aromatic rings. The summed E-state index contributed by atoms with van der Waals surface area (Å²) in [5.74, 6) is 0.0972. The molecular formula is C27H23IN2O5S. The molecule has 0 saturated carbocycles. The highest BCUT2D eigenvalue weighted by atomic mass is 127. The Morgan fingerprint density at radius 2 is 1.86 bits per heavy atom. The zero-order valence-electron chi connectivity index (χ0n) is 19.6. The quantitative estimate of drug-likeness (QED) is 0.240. The van der Waals surface area contributed by atoms with Crippen molar-refractivity contribution in [1.82, 2.24) is 4.90 Å². The number of carbonyl (C=O) groups excluding carboxylic acids is 1. The van der Waals surface area contributed by atoms with Gasteiger partial charge in [-0.2, -0.15) is 0 Å². The third-order valence-corrected chi connectivity index (χ3v) is 7.13. The molecule has 1 fully saturated rings. The second-order valence-electron chi connectivity index (χ2n) is 7.71. The molecule has 4 rings (SSSR count). The summed E-state index contributed by atoms with van der Waals surface area (Å²) in [6.07, 6.45) is 1.82. The average molecular weight is 614 g/mol. The van der Waals surface area contributed by atoms with E-state index in [-0.39, 0.29) is 11.5 Å². The smallest absolute Gasteiger partial charge is 0.335 e. The van der Waals surface area contributed by atoms with Crippen molar-refractivity contribution in [2.45, 2.75) is 13.5 Å². The summed E-state index contributed by atoms with van der Waals surface area (Å²) >= 11 is 3.48. The molecule has 9 heteroatoms. The predicted molar refractivity (Wildman–Crippen MR) is 150 cm³/mol. The van der Waals surface area contributed by atoms with Crippen molar-refractivity contribution < 1.29 is 24.2 Å². The van der Waals surface area contributed by atoms with Gasteiger partial charge in [0.15, 0.2) is 16.7 Å². The lowest BCUT2D eigenvalue weighted by Crippen LogP contribution is -2.28. The first-order chi connectivity index (χ1) is 17.4. The molecule has 0 atom stereocenters. The highest BCUT2D eigenvalue weighted by molar-refractivity contribution is 14.1. The first-order valence-electron chi connectivity index (χ1n) is 11.1. The fraction of sp³-hybridized carbons (Fsp3) is 0.148. The van der Waals surface area contributed by atoms with Crippen LogP contribution in [0.1, 0.15) is 28.4 Å². The number of rotatable bonds is 8. The number of halogens is 1. The van der Waals surface area contributed by atoms with Crippen LogP contribution in [-0.4, -0.2) is 40.7 Å². The summed E-state index contributed by atoms with van der Waals surface area (Å²) in [5, 5.41) is 9.63. The topological polar surface area (TPSA) is 88.4 Å². The standard InChI is InChI=1S/C27H23IN2O5S/c1-3-30-25(31)23(36-27(30)29-20-11-9-19(10-12-20)26(32)33)15-18-13-21(28)24(22(14-18)34-2)35-16-17-7-5-4-6-8-17/h4-15H,3,16H2,1-2H3,(H,32,33)/b23-15+,29-27?. The minimum absolute atomic E-state index is 0.137. The van der Waals surface area contributed by atoms with Crippen LogP contribution < -0.4 is 9.47 Å². The number of carboxylic acids is 1. The molecule has 0 bridgehead atoms. The van der Waals surface area contributed by atoms with Crippen molar-refractivity contribution in [2.24, 2.45) is 4.99 Å². The number of hydrogen-bond donors (Lipinski definition) is 1. The molecule has 1 aliphatic heterocycles. The van der Waals surface area contributed by atoms with Crippen LogP contribution in [0.2, 0.25) is 0 Å². The number of hydrogen-bond acceptors (Lipinski definition) is 6. The van der Waals surface area contributed by atoms with Crippen LogP contribution in [0.15, 0.2) is 76.6 Å². The molecule has 1 amide bonds. The first kappa shape index (κ1) is 25.8. The number of carbonyl (C=O) groups is 2. The lowest BCUT2D eigenvalue weighted by Gasteiger charge is -2.14. The Kier molecular flexibility index (Phi) is 8.32. The minimum atomic E-state index is -0.999. The number of carboxylic acid groups (broad SMARTS) is 1. The third-order valence-electron chi connectivity index (χ3n) is 5.32. The van der Waals surface area contributed by atoms with Crippen LogP contribution in [0.25, 0.3) is 6.08 Å². The maximum atomic E-state index is 13.1. The zero-order chi connectivity index (χ0) is 25.7. The molecule has 1 saturated heterocycles. The molecule has 0 aromatic heterocycles. The maximum Gasteiger partial charge on any atom is 0.335 e. The van der Waals surface area contributed by atoms with Crippen molar-refractivity contribution in [2.75, 3.05) is 13.7 Å². The van der Waals surface area contributed by atoms with Gasteiger partial charge < -0.3 is 14.6 Å². The Morgan fingerprint density at radius 1 is 1.14 bits per heavy atom. The van der Waals surface area contributed by atoms with Crippen LogP contribution in [0.5, 0.6) is 11.5 Å². The lowest BCUT2D eigenvalue weighted by atomic mass is 10.1. The lowest BCUT2D eigenvalue weighted by molar-refractivity contribution is -0.122. The number of aromatic carboxylic acids is 1. The molecular weight excluding hydrogens is 591 g/mol. The van der Waals surface area contributed by atoms with Crippen LogP contribution in [0.4, 0.5) is 5.69 Å². The van der Waals surface area contributed by atoms with Crippen LogP contribution in [0.3, 0.4) is 0 Å². The SMILES string of the molecule is CCN1C(=O)/C(=C\c2cc(I)c(OCc3ccccc3)c(OC)c2)SC1=Nc1ccc(C(=O)O)cc1. The number of thioether (sulfide) groups is 1. The zero-order valence-corrected chi connectivity index (χ0v) is 22.6. The molecule has 7 nitrogen and oxygen atoms in total. The third kappa shape index (κ3) is 5.90. The van der Waals surface area contributed by atoms with E-state index in [1.165, 1.54) is 23.9 Å². The molecule has 1 N–H and O–H groups in total. The van der Waals surface area contributed by atoms with Gasteiger partial charge in [-0.15, -0.1) is 0 Å².